The van der Waals surface area contributed by atoms with Crippen LogP contribution in [0.4, 0.5) is 0 Å². The minimum Gasteiger partial charge on any atom is -0.497 e. The van der Waals surface area contributed by atoms with E-state index in [0.717, 1.165) is 33.5 Å². The SMILES string of the molecule is COc1cc(C)c2c(c1)c(C(O)CN)c(C)n2C. The fourth-order valence-corrected chi connectivity index (χ4v) is 2.60. The lowest BCUT2D eigenvalue weighted by Crippen LogP contribution is -2.12. The third-order valence-electron chi connectivity index (χ3n) is 3.58. The van der Waals surface area contributed by atoms with Crippen LogP contribution in [0.1, 0.15) is 22.9 Å². The Morgan fingerprint density at radius 1 is 1.39 bits per heavy atom. The van der Waals surface area contributed by atoms with Gasteiger partial charge >= 0.3 is 0 Å². The Morgan fingerprint density at radius 2 is 2.06 bits per heavy atom. The predicted octanol–water partition coefficient (Wildman–Crippen LogP) is 1.80. The van der Waals surface area contributed by atoms with Gasteiger partial charge in [-0.15, -0.1) is 0 Å². The van der Waals surface area contributed by atoms with Crippen LogP contribution in [0.5, 0.6) is 5.75 Å². The van der Waals surface area contributed by atoms with Crippen LogP contribution in [0.15, 0.2) is 12.1 Å². The zero-order valence-electron chi connectivity index (χ0n) is 11.3. The molecule has 0 fully saturated rings. The van der Waals surface area contributed by atoms with E-state index in [1.165, 1.54) is 0 Å². The van der Waals surface area contributed by atoms with Crippen LogP contribution in [0.25, 0.3) is 10.9 Å². The molecule has 0 radical (unpaired) electrons. The fraction of sp³-hybridized carbons (Fsp3) is 0.429. The average Bonchev–Trinajstić information content (AvgIpc) is 2.61. The second-order valence-corrected chi connectivity index (χ2v) is 4.65. The average molecular weight is 248 g/mol. The molecule has 0 bridgehead atoms. The summed E-state index contributed by atoms with van der Waals surface area (Å²) in [5.74, 6) is 0.802. The van der Waals surface area contributed by atoms with Crippen LogP contribution in [0.2, 0.25) is 0 Å². The second kappa shape index (κ2) is 4.63. The van der Waals surface area contributed by atoms with Crippen LogP contribution in [0, 0.1) is 13.8 Å². The minimum absolute atomic E-state index is 0.218. The summed E-state index contributed by atoms with van der Waals surface area (Å²) >= 11 is 0. The molecule has 98 valence electrons. The maximum absolute atomic E-state index is 10.1. The summed E-state index contributed by atoms with van der Waals surface area (Å²) in [5, 5.41) is 11.1. The smallest absolute Gasteiger partial charge is 0.119 e. The Morgan fingerprint density at radius 3 is 2.61 bits per heavy atom. The molecule has 3 N–H and O–H groups in total. The number of nitrogens with two attached hydrogens (primary N) is 1. The van der Waals surface area contributed by atoms with Gasteiger partial charge in [-0.25, -0.2) is 0 Å². The van der Waals surface area contributed by atoms with Crippen LogP contribution >= 0.6 is 0 Å². The van der Waals surface area contributed by atoms with E-state index in [1.54, 1.807) is 7.11 Å². The van der Waals surface area contributed by atoms with Crippen LogP contribution < -0.4 is 10.5 Å². The number of rotatable bonds is 3. The standard InChI is InChI=1S/C14H20N2O2/c1-8-5-10(18-4)6-11-13(12(17)7-15)9(2)16(3)14(8)11/h5-6,12,17H,7,15H2,1-4H3. The number of methoxy groups -OCH3 is 1. The van der Waals surface area contributed by atoms with Gasteiger partial charge in [0.2, 0.25) is 0 Å². The Balaban J connectivity index is 2.85. The summed E-state index contributed by atoms with van der Waals surface area (Å²) in [6.45, 7) is 4.26. The quantitative estimate of drug-likeness (QED) is 0.870. The third kappa shape index (κ3) is 1.78. The maximum atomic E-state index is 10.1. The number of aromatic nitrogens is 1. The summed E-state index contributed by atoms with van der Waals surface area (Å²) in [7, 11) is 3.65. The first-order valence-electron chi connectivity index (χ1n) is 6.02. The van der Waals surface area contributed by atoms with Gasteiger partial charge < -0.3 is 20.1 Å². The van der Waals surface area contributed by atoms with E-state index >= 15 is 0 Å². The van der Waals surface area contributed by atoms with Gasteiger partial charge in [0.15, 0.2) is 0 Å². The highest BCUT2D eigenvalue weighted by Gasteiger charge is 2.19. The predicted molar refractivity (Wildman–Crippen MR) is 73.0 cm³/mol. The first-order valence-corrected chi connectivity index (χ1v) is 6.02. The van der Waals surface area contributed by atoms with Gasteiger partial charge in [-0.05, 0) is 31.5 Å². The van der Waals surface area contributed by atoms with Gasteiger partial charge in [-0.2, -0.15) is 0 Å². The summed E-state index contributed by atoms with van der Waals surface area (Å²) in [6, 6.07) is 3.96. The van der Waals surface area contributed by atoms with Crippen LogP contribution in [0.3, 0.4) is 0 Å². The molecule has 0 saturated carbocycles. The minimum atomic E-state index is -0.639. The number of aryl methyl sites for hydroxylation is 2. The van der Waals surface area contributed by atoms with Crippen LogP contribution in [-0.2, 0) is 7.05 Å². The van der Waals surface area contributed by atoms with Crippen molar-refractivity contribution in [2.75, 3.05) is 13.7 Å². The molecule has 1 atom stereocenters. The Kier molecular flexibility index (Phi) is 3.32. The van der Waals surface area contributed by atoms with E-state index in [0.29, 0.717) is 0 Å². The number of ether oxygens (including phenoxy) is 1. The highest BCUT2D eigenvalue weighted by Crippen LogP contribution is 2.34. The highest BCUT2D eigenvalue weighted by atomic mass is 16.5. The van der Waals surface area contributed by atoms with Gasteiger partial charge in [0.05, 0.1) is 18.7 Å². The molecule has 2 aromatic rings. The van der Waals surface area contributed by atoms with Gasteiger partial charge in [0.1, 0.15) is 5.75 Å². The highest BCUT2D eigenvalue weighted by molar-refractivity contribution is 5.89. The van der Waals surface area contributed by atoms with Crippen molar-refractivity contribution in [2.24, 2.45) is 12.8 Å². The number of benzene rings is 1. The molecule has 4 heteroatoms. The zero-order chi connectivity index (χ0) is 13.4. The number of fused-ring (bicyclic) bond motifs is 1. The van der Waals surface area contributed by atoms with Crippen molar-refractivity contribution in [1.82, 2.24) is 4.57 Å². The van der Waals surface area contributed by atoms with Gasteiger partial charge in [0.25, 0.3) is 0 Å². The number of nitrogens with zero attached hydrogens (tertiary/aromatic N) is 1. The first-order chi connectivity index (χ1) is 8.51. The van der Waals surface area contributed by atoms with Crippen molar-refractivity contribution in [3.8, 4) is 5.75 Å². The molecule has 0 aliphatic rings. The normalized spacial score (nSPS) is 13.0. The zero-order valence-corrected chi connectivity index (χ0v) is 11.3. The summed E-state index contributed by atoms with van der Waals surface area (Å²) in [5.41, 5.74) is 9.78. The van der Waals surface area contributed by atoms with E-state index in [9.17, 15) is 5.11 Å². The second-order valence-electron chi connectivity index (χ2n) is 4.65. The number of aliphatic hydroxyl groups is 1. The van der Waals surface area contributed by atoms with Gasteiger partial charge in [-0.3, -0.25) is 0 Å². The van der Waals surface area contributed by atoms with E-state index in [2.05, 4.69) is 4.57 Å². The summed E-state index contributed by atoms with van der Waals surface area (Å²) < 4.78 is 7.39. The lowest BCUT2D eigenvalue weighted by molar-refractivity contribution is 0.187. The molecule has 2 rings (SSSR count). The maximum Gasteiger partial charge on any atom is 0.119 e. The molecule has 18 heavy (non-hydrogen) atoms. The fourth-order valence-electron chi connectivity index (χ4n) is 2.60. The molecule has 0 amide bonds. The topological polar surface area (TPSA) is 60.4 Å². The van der Waals surface area contributed by atoms with Crippen molar-refractivity contribution in [3.05, 3.63) is 29.0 Å². The monoisotopic (exact) mass is 248 g/mol. The van der Waals surface area contributed by atoms with E-state index in [4.69, 9.17) is 10.5 Å². The van der Waals surface area contributed by atoms with Crippen molar-refractivity contribution < 1.29 is 9.84 Å². The Bertz CT molecular complexity index is 587. The van der Waals surface area contributed by atoms with Crippen molar-refractivity contribution >= 4 is 10.9 Å². The molecular weight excluding hydrogens is 228 g/mol. The number of hydrogen-bond acceptors (Lipinski definition) is 3. The molecule has 4 nitrogen and oxygen atoms in total. The van der Waals surface area contributed by atoms with Crippen LogP contribution in [-0.4, -0.2) is 23.3 Å². The Hall–Kier alpha value is -1.52. The third-order valence-corrected chi connectivity index (χ3v) is 3.58. The van der Waals surface area contributed by atoms with Gasteiger partial charge in [-0.1, -0.05) is 0 Å². The molecule has 0 saturated heterocycles. The molecule has 0 aliphatic carbocycles. The van der Waals surface area contributed by atoms with E-state index in [1.807, 2.05) is 33.0 Å². The van der Waals surface area contributed by atoms with E-state index in [-0.39, 0.29) is 6.54 Å². The first kappa shape index (κ1) is 12.9. The largest absolute Gasteiger partial charge is 0.497 e. The number of aliphatic hydroxyl groups excluding tert-OH is 1. The van der Waals surface area contributed by atoms with E-state index < -0.39 is 6.10 Å². The number of hydrogen-bond donors (Lipinski definition) is 2. The lowest BCUT2D eigenvalue weighted by Gasteiger charge is -2.09. The summed E-state index contributed by atoms with van der Waals surface area (Å²) in [4.78, 5) is 0. The van der Waals surface area contributed by atoms with Crippen molar-refractivity contribution in [2.45, 2.75) is 20.0 Å². The summed E-state index contributed by atoms with van der Waals surface area (Å²) in [6.07, 6.45) is -0.639. The molecule has 1 aromatic heterocycles. The lowest BCUT2D eigenvalue weighted by atomic mass is 10.0. The van der Waals surface area contributed by atoms with Crippen molar-refractivity contribution in [3.63, 3.8) is 0 Å². The molecule has 0 aliphatic heterocycles. The molecule has 1 aromatic carbocycles. The molecule has 1 unspecified atom stereocenters. The molecule has 0 spiro atoms. The Labute approximate surface area is 107 Å². The molecule has 1 heterocycles. The van der Waals surface area contributed by atoms with Gasteiger partial charge in [0, 0.05) is 30.2 Å². The van der Waals surface area contributed by atoms with Crippen molar-refractivity contribution in [1.29, 1.82) is 0 Å². The molecular formula is C14H20N2O2.